The minimum Gasteiger partial charge on any atom is -0.496 e. The normalized spacial score (nSPS) is 15.9. The predicted octanol–water partition coefficient (Wildman–Crippen LogP) is 5.57. The molecule has 1 N–H and O–H groups in total. The van der Waals surface area contributed by atoms with Crippen molar-refractivity contribution in [3.05, 3.63) is 89.5 Å². The predicted molar refractivity (Wildman–Crippen MR) is 141 cm³/mol. The lowest BCUT2D eigenvalue weighted by molar-refractivity contribution is -0.138. The van der Waals surface area contributed by atoms with Gasteiger partial charge in [-0.2, -0.15) is 0 Å². The highest BCUT2D eigenvalue weighted by molar-refractivity contribution is 5.96. The molecule has 6 heteroatoms. The van der Waals surface area contributed by atoms with Gasteiger partial charge in [0.15, 0.2) is 6.10 Å². The van der Waals surface area contributed by atoms with Gasteiger partial charge in [0.25, 0.3) is 5.91 Å². The highest BCUT2D eigenvalue weighted by atomic mass is 16.5. The lowest BCUT2D eigenvalue weighted by Crippen LogP contribution is -2.40. The highest BCUT2D eigenvalue weighted by Gasteiger charge is 2.30. The first-order chi connectivity index (χ1) is 17.5. The van der Waals surface area contributed by atoms with E-state index >= 15 is 0 Å². The van der Waals surface area contributed by atoms with Crippen molar-refractivity contribution in [1.29, 1.82) is 0 Å². The van der Waals surface area contributed by atoms with Gasteiger partial charge in [0.1, 0.15) is 11.5 Å². The van der Waals surface area contributed by atoms with Crippen LogP contribution in [-0.4, -0.2) is 36.5 Å². The Balaban J connectivity index is 1.53. The first-order valence-electron chi connectivity index (χ1n) is 12.6. The molecule has 0 saturated heterocycles. The lowest BCUT2D eigenvalue weighted by atomic mass is 9.95. The number of amides is 2. The van der Waals surface area contributed by atoms with E-state index in [-0.39, 0.29) is 17.7 Å². The second-order valence-electron chi connectivity index (χ2n) is 9.02. The van der Waals surface area contributed by atoms with Crippen molar-refractivity contribution in [1.82, 2.24) is 4.90 Å². The van der Waals surface area contributed by atoms with Crippen LogP contribution >= 0.6 is 0 Å². The SMILES string of the molecule is CCC1Oc2ccc(NC(=O)C(CC)c3ccccc3)cc2CN(CCc2ccccc2OC)C1=O. The topological polar surface area (TPSA) is 67.9 Å². The number of rotatable bonds is 9. The molecule has 3 aromatic carbocycles. The average molecular weight is 487 g/mol. The van der Waals surface area contributed by atoms with E-state index < -0.39 is 6.10 Å². The van der Waals surface area contributed by atoms with E-state index in [1.54, 1.807) is 7.11 Å². The molecule has 0 saturated carbocycles. The molecular weight excluding hydrogens is 452 g/mol. The molecule has 1 heterocycles. The largest absolute Gasteiger partial charge is 0.496 e. The van der Waals surface area contributed by atoms with Crippen LogP contribution in [0.25, 0.3) is 0 Å². The Morgan fingerprint density at radius 1 is 1.08 bits per heavy atom. The van der Waals surface area contributed by atoms with Crippen LogP contribution in [0.5, 0.6) is 11.5 Å². The molecule has 1 aliphatic rings. The second-order valence-corrected chi connectivity index (χ2v) is 9.02. The molecule has 0 radical (unpaired) electrons. The Labute approximate surface area is 213 Å². The van der Waals surface area contributed by atoms with Gasteiger partial charge in [-0.1, -0.05) is 62.4 Å². The molecule has 0 bridgehead atoms. The third-order valence-electron chi connectivity index (χ3n) is 6.69. The summed E-state index contributed by atoms with van der Waals surface area (Å²) in [5.74, 6) is 1.20. The summed E-state index contributed by atoms with van der Waals surface area (Å²) in [5.41, 5.74) is 3.63. The molecule has 36 heavy (non-hydrogen) atoms. The van der Waals surface area contributed by atoms with Gasteiger partial charge in [-0.15, -0.1) is 0 Å². The Bertz CT molecular complexity index is 1190. The van der Waals surface area contributed by atoms with Gasteiger partial charge in [-0.25, -0.2) is 0 Å². The van der Waals surface area contributed by atoms with E-state index in [4.69, 9.17) is 9.47 Å². The van der Waals surface area contributed by atoms with Crippen LogP contribution in [0.1, 0.15) is 49.3 Å². The zero-order valence-electron chi connectivity index (χ0n) is 21.2. The first kappa shape index (κ1) is 25.3. The number of fused-ring (bicyclic) bond motifs is 1. The Kier molecular flexibility index (Phi) is 8.26. The van der Waals surface area contributed by atoms with Crippen LogP contribution in [0, 0.1) is 0 Å². The number of anilines is 1. The summed E-state index contributed by atoms with van der Waals surface area (Å²) < 4.78 is 11.6. The molecule has 6 nitrogen and oxygen atoms in total. The van der Waals surface area contributed by atoms with E-state index in [0.29, 0.717) is 43.8 Å². The third kappa shape index (κ3) is 5.70. The van der Waals surface area contributed by atoms with Crippen LogP contribution in [0.15, 0.2) is 72.8 Å². The number of carbonyl (C=O) groups excluding carboxylic acids is 2. The maximum absolute atomic E-state index is 13.3. The number of nitrogens with zero attached hydrogens (tertiary/aromatic N) is 1. The average Bonchev–Trinajstić information content (AvgIpc) is 3.04. The molecule has 4 rings (SSSR count). The van der Waals surface area contributed by atoms with Gasteiger partial charge in [0.2, 0.25) is 5.91 Å². The first-order valence-corrected chi connectivity index (χ1v) is 12.6. The fourth-order valence-corrected chi connectivity index (χ4v) is 4.69. The van der Waals surface area contributed by atoms with Gasteiger partial charge in [0, 0.05) is 24.3 Å². The number of benzene rings is 3. The van der Waals surface area contributed by atoms with E-state index in [2.05, 4.69) is 5.32 Å². The van der Waals surface area contributed by atoms with E-state index in [1.165, 1.54) is 0 Å². The van der Waals surface area contributed by atoms with Crippen LogP contribution < -0.4 is 14.8 Å². The van der Waals surface area contributed by atoms with Crippen LogP contribution in [0.2, 0.25) is 0 Å². The lowest BCUT2D eigenvalue weighted by Gasteiger charge is -2.23. The standard InChI is InChI=1S/C30H34N2O4/c1-4-25(21-11-7-6-8-12-21)29(33)31-24-15-16-28-23(19-24)20-32(30(34)26(5-2)36-28)18-17-22-13-9-10-14-27(22)35-3/h6-16,19,25-26H,4-5,17-18,20H2,1-3H3,(H,31,33). The van der Waals surface area contributed by atoms with Crippen molar-refractivity contribution >= 4 is 17.5 Å². The third-order valence-corrected chi connectivity index (χ3v) is 6.69. The summed E-state index contributed by atoms with van der Waals surface area (Å²) in [5, 5.41) is 3.07. The molecule has 2 unspecified atom stereocenters. The van der Waals surface area contributed by atoms with E-state index in [9.17, 15) is 9.59 Å². The van der Waals surface area contributed by atoms with Crippen molar-refractivity contribution < 1.29 is 19.1 Å². The van der Waals surface area contributed by atoms with E-state index in [0.717, 1.165) is 22.4 Å². The minimum atomic E-state index is -0.535. The number of ether oxygens (including phenoxy) is 2. The summed E-state index contributed by atoms with van der Waals surface area (Å²) >= 11 is 0. The number of hydrogen-bond acceptors (Lipinski definition) is 4. The fraction of sp³-hybridized carbons (Fsp3) is 0.333. The van der Waals surface area contributed by atoms with Crippen LogP contribution in [-0.2, 0) is 22.6 Å². The van der Waals surface area contributed by atoms with Crippen LogP contribution in [0.4, 0.5) is 5.69 Å². The molecule has 188 valence electrons. The van der Waals surface area contributed by atoms with Crippen molar-refractivity contribution in [2.24, 2.45) is 0 Å². The number of para-hydroxylation sites is 1. The zero-order chi connectivity index (χ0) is 25.5. The van der Waals surface area contributed by atoms with Gasteiger partial charge in [0.05, 0.1) is 13.0 Å². The highest BCUT2D eigenvalue weighted by Crippen LogP contribution is 2.31. The van der Waals surface area contributed by atoms with Gasteiger partial charge in [-0.05, 0) is 54.7 Å². The fourth-order valence-electron chi connectivity index (χ4n) is 4.69. The van der Waals surface area contributed by atoms with E-state index in [1.807, 2.05) is 91.5 Å². The summed E-state index contributed by atoms with van der Waals surface area (Å²) in [6, 6.07) is 23.3. The van der Waals surface area contributed by atoms with Crippen molar-refractivity contribution in [3.63, 3.8) is 0 Å². The van der Waals surface area contributed by atoms with Crippen molar-refractivity contribution in [3.8, 4) is 11.5 Å². The molecule has 0 aromatic heterocycles. The maximum atomic E-state index is 13.3. The van der Waals surface area contributed by atoms with Crippen LogP contribution in [0.3, 0.4) is 0 Å². The minimum absolute atomic E-state index is 0.0238. The number of methoxy groups -OCH3 is 1. The molecule has 0 spiro atoms. The second kappa shape index (κ2) is 11.8. The summed E-state index contributed by atoms with van der Waals surface area (Å²) in [7, 11) is 1.66. The molecule has 1 aliphatic heterocycles. The smallest absolute Gasteiger partial charge is 0.263 e. The Hall–Kier alpha value is -3.80. The molecule has 0 aliphatic carbocycles. The molecule has 0 fully saturated rings. The number of nitrogens with one attached hydrogen (secondary N) is 1. The Morgan fingerprint density at radius 3 is 2.56 bits per heavy atom. The number of carbonyl (C=O) groups is 2. The molecule has 2 atom stereocenters. The quantitative estimate of drug-likeness (QED) is 0.429. The van der Waals surface area contributed by atoms with Gasteiger partial charge in [-0.3, -0.25) is 9.59 Å². The van der Waals surface area contributed by atoms with Gasteiger partial charge >= 0.3 is 0 Å². The van der Waals surface area contributed by atoms with Crippen molar-refractivity contribution in [2.75, 3.05) is 19.0 Å². The summed E-state index contributed by atoms with van der Waals surface area (Å²) in [6.07, 6.45) is 1.42. The number of hydrogen-bond donors (Lipinski definition) is 1. The monoisotopic (exact) mass is 486 g/mol. The Morgan fingerprint density at radius 2 is 1.83 bits per heavy atom. The van der Waals surface area contributed by atoms with Gasteiger partial charge < -0.3 is 19.7 Å². The summed E-state index contributed by atoms with van der Waals surface area (Å²) in [4.78, 5) is 28.2. The molecule has 3 aromatic rings. The van der Waals surface area contributed by atoms with Crippen molar-refractivity contribution in [2.45, 2.75) is 51.7 Å². The molecular formula is C30H34N2O4. The maximum Gasteiger partial charge on any atom is 0.263 e. The summed E-state index contributed by atoms with van der Waals surface area (Å²) in [6.45, 7) is 4.92. The zero-order valence-corrected chi connectivity index (χ0v) is 21.2. The molecule has 2 amide bonds.